The predicted octanol–water partition coefficient (Wildman–Crippen LogP) is 11.6. The van der Waals surface area contributed by atoms with Gasteiger partial charge < -0.3 is 45.1 Å². The van der Waals surface area contributed by atoms with Gasteiger partial charge in [-0.25, -0.2) is 0 Å². The molecule has 66 heavy (non-hydrogen) atoms. The molecule has 0 aromatic rings. The third kappa shape index (κ3) is 32.6. The molecule has 11 nitrogen and oxygen atoms in total. The van der Waals surface area contributed by atoms with Gasteiger partial charge in [0, 0.05) is 6.42 Å². The Bertz CT molecular complexity index is 1210. The number of carbonyl (C=O) groups excluding carboxylic acids is 2. The molecule has 0 spiro atoms. The van der Waals surface area contributed by atoms with Crippen LogP contribution in [0.2, 0.25) is 0 Å². The number of rotatable bonds is 45. The first-order valence-corrected chi connectivity index (χ1v) is 27.3. The van der Waals surface area contributed by atoms with Crippen LogP contribution in [-0.4, -0.2) is 99.6 Å². The van der Waals surface area contributed by atoms with Crippen LogP contribution in [0, 0.1) is 0 Å². The van der Waals surface area contributed by atoms with Gasteiger partial charge in [-0.15, -0.1) is 0 Å². The van der Waals surface area contributed by atoms with E-state index in [-0.39, 0.29) is 19.4 Å². The Hall–Kier alpha value is -2.12. The maximum atomic E-state index is 13.3. The van der Waals surface area contributed by atoms with Crippen molar-refractivity contribution < 1.29 is 49.3 Å². The Morgan fingerprint density at radius 1 is 0.576 bits per heavy atom. The summed E-state index contributed by atoms with van der Waals surface area (Å²) in [5.41, 5.74) is 0. The summed E-state index contributed by atoms with van der Waals surface area (Å²) in [6.07, 6.45) is 39.1. The van der Waals surface area contributed by atoms with E-state index in [1.54, 1.807) is 6.08 Å². The molecular formula is C55H101NO10. The third-order valence-corrected chi connectivity index (χ3v) is 12.8. The molecular weight excluding hydrogens is 835 g/mol. The minimum atomic E-state index is -1.61. The largest absolute Gasteiger partial charge is 0.454 e. The van der Waals surface area contributed by atoms with Crippen molar-refractivity contribution in [3.63, 3.8) is 0 Å². The average Bonchev–Trinajstić information content (AvgIpc) is 3.31. The normalized spacial score (nSPS) is 20.4. The highest BCUT2D eigenvalue weighted by Crippen LogP contribution is 2.26. The number of ether oxygens (including phenoxy) is 3. The van der Waals surface area contributed by atoms with Gasteiger partial charge in [-0.3, -0.25) is 9.59 Å². The van der Waals surface area contributed by atoms with Gasteiger partial charge in [-0.05, 0) is 70.6 Å². The van der Waals surface area contributed by atoms with Crippen molar-refractivity contribution in [1.82, 2.24) is 5.32 Å². The monoisotopic (exact) mass is 936 g/mol. The van der Waals surface area contributed by atoms with E-state index in [1.165, 1.54) is 109 Å². The maximum Gasteiger partial charge on any atom is 0.306 e. The average molecular weight is 936 g/mol. The summed E-state index contributed by atoms with van der Waals surface area (Å²) >= 11 is 0. The van der Waals surface area contributed by atoms with Crippen molar-refractivity contribution in [2.75, 3.05) is 13.2 Å². The molecule has 1 aliphatic heterocycles. The van der Waals surface area contributed by atoms with Crippen LogP contribution in [0.15, 0.2) is 36.5 Å². The lowest BCUT2D eigenvalue weighted by Gasteiger charge is -2.41. The van der Waals surface area contributed by atoms with Gasteiger partial charge in [0.2, 0.25) is 5.91 Å². The molecule has 0 radical (unpaired) electrons. The zero-order valence-electron chi connectivity index (χ0n) is 42.3. The first-order chi connectivity index (χ1) is 32.2. The Morgan fingerprint density at radius 2 is 1.02 bits per heavy atom. The molecule has 6 N–H and O–H groups in total. The van der Waals surface area contributed by atoms with Gasteiger partial charge >= 0.3 is 5.97 Å². The van der Waals surface area contributed by atoms with Crippen molar-refractivity contribution in [3.05, 3.63) is 36.5 Å². The second kappa shape index (κ2) is 44.1. The Balaban J connectivity index is 2.75. The van der Waals surface area contributed by atoms with E-state index in [4.69, 9.17) is 14.2 Å². The fourth-order valence-corrected chi connectivity index (χ4v) is 8.33. The second-order valence-corrected chi connectivity index (χ2v) is 19.0. The van der Waals surface area contributed by atoms with Crippen molar-refractivity contribution in [2.24, 2.45) is 0 Å². The van der Waals surface area contributed by atoms with Crippen LogP contribution in [0.4, 0.5) is 0 Å². The van der Waals surface area contributed by atoms with Crippen LogP contribution < -0.4 is 5.32 Å². The zero-order valence-corrected chi connectivity index (χ0v) is 42.3. The smallest absolute Gasteiger partial charge is 0.306 e. The van der Waals surface area contributed by atoms with E-state index in [1.807, 2.05) is 6.08 Å². The minimum Gasteiger partial charge on any atom is -0.454 e. The summed E-state index contributed by atoms with van der Waals surface area (Å²) in [6.45, 7) is 5.70. The Labute approximate surface area is 403 Å². The fraction of sp³-hybridized carbons (Fsp3) is 0.855. The molecule has 8 atom stereocenters. The van der Waals surface area contributed by atoms with Crippen LogP contribution in [0.1, 0.15) is 239 Å². The molecule has 1 rings (SSSR count). The highest BCUT2D eigenvalue weighted by Gasteiger charge is 2.47. The number of aliphatic hydroxyl groups excluding tert-OH is 5. The van der Waals surface area contributed by atoms with E-state index in [0.717, 1.165) is 83.5 Å². The highest BCUT2D eigenvalue weighted by molar-refractivity contribution is 5.80. The number of amides is 1. The lowest BCUT2D eigenvalue weighted by atomic mass is 9.99. The van der Waals surface area contributed by atoms with E-state index in [2.05, 4.69) is 50.4 Å². The highest BCUT2D eigenvalue weighted by atomic mass is 16.7. The topological polar surface area (TPSA) is 175 Å². The van der Waals surface area contributed by atoms with Gasteiger partial charge in [0.05, 0.1) is 25.4 Å². The number of hydrogen-bond donors (Lipinski definition) is 6. The van der Waals surface area contributed by atoms with Gasteiger partial charge in [-0.2, -0.15) is 0 Å². The van der Waals surface area contributed by atoms with Crippen LogP contribution in [-0.2, 0) is 23.8 Å². The Kier molecular flexibility index (Phi) is 41.4. The fourth-order valence-electron chi connectivity index (χ4n) is 8.33. The second-order valence-electron chi connectivity index (χ2n) is 19.0. The number of hydrogen-bond acceptors (Lipinski definition) is 10. The van der Waals surface area contributed by atoms with Crippen LogP contribution in [0.3, 0.4) is 0 Å². The predicted molar refractivity (Wildman–Crippen MR) is 269 cm³/mol. The van der Waals surface area contributed by atoms with Gasteiger partial charge in [0.1, 0.15) is 24.4 Å². The molecule has 8 unspecified atom stereocenters. The molecule has 1 amide bonds. The summed E-state index contributed by atoms with van der Waals surface area (Å²) in [7, 11) is 0. The first-order valence-electron chi connectivity index (χ1n) is 27.3. The number of allylic oxidation sites excluding steroid dienone is 5. The number of carbonyl (C=O) groups is 2. The number of nitrogens with one attached hydrogen (secondary N) is 1. The molecule has 0 aliphatic carbocycles. The lowest BCUT2D eigenvalue weighted by molar-refractivity contribution is -0.305. The molecule has 1 fully saturated rings. The molecule has 1 heterocycles. The standard InChI is InChI=1S/C55H101NO10/c1-4-7-10-13-16-19-22-24-25-26-28-31-34-37-40-43-50(60)66-53-52(62)51(61)49(44-57)65-55(53)64-45-46(47(58)41-38-35-32-30-27-23-20-17-14-11-8-5-2)56-54(63)48(59)42-39-36-33-29-21-18-15-12-9-6-3/h15,18-19,22,38,41,46-49,51-53,55,57-59,61-62H,4-14,16-17,20-21,23-37,39-40,42-45H2,1-3H3,(H,56,63)/b18-15-,22-19-,41-38+. The van der Waals surface area contributed by atoms with Crippen LogP contribution in [0.5, 0.6) is 0 Å². The summed E-state index contributed by atoms with van der Waals surface area (Å²) in [5, 5.41) is 56.6. The molecule has 386 valence electrons. The molecule has 0 aromatic heterocycles. The molecule has 1 aliphatic rings. The Morgan fingerprint density at radius 3 is 1.53 bits per heavy atom. The molecule has 0 aromatic carbocycles. The summed E-state index contributed by atoms with van der Waals surface area (Å²) < 4.78 is 17.5. The van der Waals surface area contributed by atoms with Gasteiger partial charge in [-0.1, -0.05) is 198 Å². The molecule has 0 saturated carbocycles. The van der Waals surface area contributed by atoms with Crippen molar-refractivity contribution >= 4 is 11.9 Å². The van der Waals surface area contributed by atoms with Crippen molar-refractivity contribution in [2.45, 2.75) is 288 Å². The molecule has 0 bridgehead atoms. The van der Waals surface area contributed by atoms with Gasteiger partial charge in [0.15, 0.2) is 12.4 Å². The zero-order chi connectivity index (χ0) is 48.3. The summed E-state index contributed by atoms with van der Waals surface area (Å²) in [5.74, 6) is -1.21. The third-order valence-electron chi connectivity index (χ3n) is 12.8. The van der Waals surface area contributed by atoms with E-state index in [0.29, 0.717) is 12.8 Å². The summed E-state index contributed by atoms with van der Waals surface area (Å²) in [6, 6.07) is -1.02. The molecule has 11 heteroatoms. The number of unbranched alkanes of at least 4 members (excludes halogenated alkanes) is 27. The van der Waals surface area contributed by atoms with Crippen molar-refractivity contribution in [3.8, 4) is 0 Å². The SMILES string of the molecule is CCCC/C=C\CCCCCCC(O)C(=O)NC(COC1OC(CO)C(O)C(O)C1OC(=O)CCCCCCCCC/C=C\CCCCCC)C(O)/C=C/CCCCCCCCCCCC. The first kappa shape index (κ1) is 61.9. The molecule has 1 saturated heterocycles. The van der Waals surface area contributed by atoms with E-state index < -0.39 is 67.4 Å². The number of aliphatic hydroxyl groups is 5. The summed E-state index contributed by atoms with van der Waals surface area (Å²) in [4.78, 5) is 26.3. The van der Waals surface area contributed by atoms with E-state index >= 15 is 0 Å². The van der Waals surface area contributed by atoms with Gasteiger partial charge in [0.25, 0.3) is 0 Å². The minimum absolute atomic E-state index is 0.119. The van der Waals surface area contributed by atoms with E-state index in [9.17, 15) is 35.1 Å². The number of esters is 1. The quantitative estimate of drug-likeness (QED) is 0.0196. The van der Waals surface area contributed by atoms with Crippen molar-refractivity contribution in [1.29, 1.82) is 0 Å². The van der Waals surface area contributed by atoms with Crippen LogP contribution in [0.25, 0.3) is 0 Å². The maximum absolute atomic E-state index is 13.3. The van der Waals surface area contributed by atoms with Crippen LogP contribution >= 0.6 is 0 Å². The lowest BCUT2D eigenvalue weighted by Crippen LogP contribution is -2.61.